The monoisotopic (exact) mass is 279 g/mol. The number of rotatable bonds is 3. The van der Waals surface area contributed by atoms with Gasteiger partial charge in [-0.15, -0.1) is 11.3 Å². The van der Waals surface area contributed by atoms with Crippen molar-refractivity contribution in [3.05, 3.63) is 16.1 Å². The van der Waals surface area contributed by atoms with Crippen molar-refractivity contribution in [3.63, 3.8) is 0 Å². The van der Waals surface area contributed by atoms with Crippen molar-refractivity contribution in [1.82, 2.24) is 4.98 Å². The van der Waals surface area contributed by atoms with Crippen LogP contribution in [0, 0.1) is 11.8 Å². The summed E-state index contributed by atoms with van der Waals surface area (Å²) in [5.74, 6) is 1.50. The van der Waals surface area contributed by atoms with Crippen molar-refractivity contribution in [1.29, 1.82) is 0 Å². The maximum atomic E-state index is 12.3. The average Bonchev–Trinajstić information content (AvgIpc) is 2.78. The highest BCUT2D eigenvalue weighted by atomic mass is 32.1. The standard InChI is InChI=1S/C16H25NOS/c1-11-5-7-12(8-6-11)13(18)9-15-17-14(10-19-15)16(2,3)4/h10-12H,5-9H2,1-4H3. The Balaban J connectivity index is 1.94. The van der Waals surface area contributed by atoms with E-state index in [0.717, 1.165) is 29.5 Å². The van der Waals surface area contributed by atoms with Gasteiger partial charge in [0.15, 0.2) is 0 Å². The molecule has 3 heteroatoms. The molecule has 1 aliphatic carbocycles. The fourth-order valence-corrected chi connectivity index (χ4v) is 3.64. The first-order valence-electron chi connectivity index (χ1n) is 7.34. The number of nitrogens with zero attached hydrogens (tertiary/aromatic N) is 1. The predicted octanol–water partition coefficient (Wildman–Crippen LogP) is 4.38. The summed E-state index contributed by atoms with van der Waals surface area (Å²) in [5, 5.41) is 3.10. The van der Waals surface area contributed by atoms with E-state index in [1.165, 1.54) is 12.8 Å². The van der Waals surface area contributed by atoms with Gasteiger partial charge in [0.1, 0.15) is 10.8 Å². The first-order valence-corrected chi connectivity index (χ1v) is 8.22. The van der Waals surface area contributed by atoms with Crippen LogP contribution >= 0.6 is 11.3 Å². The number of aromatic nitrogens is 1. The lowest BCUT2D eigenvalue weighted by Gasteiger charge is -2.24. The normalized spacial score (nSPS) is 24.4. The van der Waals surface area contributed by atoms with Crippen LogP contribution < -0.4 is 0 Å². The molecular weight excluding hydrogens is 254 g/mol. The molecule has 0 saturated heterocycles. The predicted molar refractivity (Wildman–Crippen MR) is 80.6 cm³/mol. The molecule has 0 radical (unpaired) electrons. The molecule has 1 heterocycles. The maximum absolute atomic E-state index is 12.3. The molecule has 19 heavy (non-hydrogen) atoms. The van der Waals surface area contributed by atoms with E-state index in [2.05, 4.69) is 38.1 Å². The van der Waals surface area contributed by atoms with Gasteiger partial charge in [-0.25, -0.2) is 4.98 Å². The lowest BCUT2D eigenvalue weighted by atomic mass is 9.80. The van der Waals surface area contributed by atoms with Crippen LogP contribution in [0.15, 0.2) is 5.38 Å². The summed E-state index contributed by atoms with van der Waals surface area (Å²) in [7, 11) is 0. The van der Waals surface area contributed by atoms with Crippen molar-refractivity contribution >= 4 is 17.1 Å². The van der Waals surface area contributed by atoms with Crippen LogP contribution in [0.25, 0.3) is 0 Å². The quantitative estimate of drug-likeness (QED) is 0.822. The number of carbonyl (C=O) groups is 1. The zero-order valence-electron chi connectivity index (χ0n) is 12.5. The number of carbonyl (C=O) groups excluding carboxylic acids is 1. The maximum Gasteiger partial charge on any atom is 0.142 e. The lowest BCUT2D eigenvalue weighted by molar-refractivity contribution is -0.123. The molecule has 2 nitrogen and oxygen atoms in total. The van der Waals surface area contributed by atoms with Gasteiger partial charge in [-0.3, -0.25) is 4.79 Å². The minimum atomic E-state index is 0.0814. The topological polar surface area (TPSA) is 30.0 Å². The van der Waals surface area contributed by atoms with Crippen LogP contribution in [-0.2, 0) is 16.6 Å². The SMILES string of the molecule is CC1CCC(C(=O)Cc2nc(C(C)(C)C)cs2)CC1. The first kappa shape index (κ1) is 14.7. The number of ketones is 1. The summed E-state index contributed by atoms with van der Waals surface area (Å²) in [6, 6.07) is 0. The van der Waals surface area contributed by atoms with Crippen LogP contribution in [-0.4, -0.2) is 10.8 Å². The van der Waals surface area contributed by atoms with Crippen molar-refractivity contribution in [3.8, 4) is 0 Å². The molecule has 0 bridgehead atoms. The Morgan fingerprint density at radius 1 is 1.32 bits per heavy atom. The van der Waals surface area contributed by atoms with E-state index in [0.29, 0.717) is 12.2 Å². The Kier molecular flexibility index (Phi) is 4.44. The van der Waals surface area contributed by atoms with E-state index in [4.69, 9.17) is 0 Å². The Morgan fingerprint density at radius 2 is 1.95 bits per heavy atom. The summed E-state index contributed by atoms with van der Waals surface area (Å²) in [4.78, 5) is 16.9. The molecule has 0 atom stereocenters. The van der Waals surface area contributed by atoms with Gasteiger partial charge < -0.3 is 0 Å². The van der Waals surface area contributed by atoms with Gasteiger partial charge in [-0.1, -0.05) is 40.5 Å². The Labute approximate surface area is 120 Å². The molecule has 1 aliphatic rings. The minimum absolute atomic E-state index is 0.0814. The summed E-state index contributed by atoms with van der Waals surface area (Å²) in [5.41, 5.74) is 1.19. The smallest absolute Gasteiger partial charge is 0.142 e. The van der Waals surface area contributed by atoms with Gasteiger partial charge in [0.25, 0.3) is 0 Å². The van der Waals surface area contributed by atoms with Crippen LogP contribution in [0.4, 0.5) is 0 Å². The summed E-state index contributed by atoms with van der Waals surface area (Å²) in [6.45, 7) is 8.78. The van der Waals surface area contributed by atoms with E-state index >= 15 is 0 Å². The van der Waals surface area contributed by atoms with Gasteiger partial charge in [0, 0.05) is 16.7 Å². The molecule has 1 fully saturated rings. The van der Waals surface area contributed by atoms with E-state index in [9.17, 15) is 4.79 Å². The van der Waals surface area contributed by atoms with Crippen LogP contribution in [0.1, 0.15) is 64.1 Å². The van der Waals surface area contributed by atoms with Crippen LogP contribution in [0.2, 0.25) is 0 Å². The summed E-state index contributed by atoms with van der Waals surface area (Å²) in [6.07, 6.45) is 5.12. The Hall–Kier alpha value is -0.700. The fraction of sp³-hybridized carbons (Fsp3) is 0.750. The van der Waals surface area contributed by atoms with Crippen molar-refractivity contribution < 1.29 is 4.79 Å². The largest absolute Gasteiger partial charge is 0.299 e. The molecule has 0 aromatic carbocycles. The van der Waals surface area contributed by atoms with Crippen molar-refractivity contribution in [2.75, 3.05) is 0 Å². The molecule has 1 aromatic rings. The van der Waals surface area contributed by atoms with Gasteiger partial charge >= 0.3 is 0 Å². The second kappa shape index (κ2) is 5.74. The molecule has 0 aliphatic heterocycles. The van der Waals surface area contributed by atoms with Crippen LogP contribution in [0.5, 0.6) is 0 Å². The second-order valence-electron chi connectivity index (χ2n) is 6.98. The molecule has 0 unspecified atom stereocenters. The third-order valence-electron chi connectivity index (χ3n) is 4.12. The third kappa shape index (κ3) is 3.88. The molecule has 0 spiro atoms. The highest BCUT2D eigenvalue weighted by molar-refractivity contribution is 7.09. The zero-order valence-corrected chi connectivity index (χ0v) is 13.3. The molecule has 1 saturated carbocycles. The Bertz CT molecular complexity index is 436. The van der Waals surface area contributed by atoms with Gasteiger partial charge in [0.05, 0.1) is 12.1 Å². The fourth-order valence-electron chi connectivity index (χ4n) is 2.61. The average molecular weight is 279 g/mol. The van der Waals surface area contributed by atoms with Gasteiger partial charge in [-0.05, 0) is 18.8 Å². The third-order valence-corrected chi connectivity index (χ3v) is 4.97. The van der Waals surface area contributed by atoms with E-state index in [1.54, 1.807) is 11.3 Å². The summed E-state index contributed by atoms with van der Waals surface area (Å²) >= 11 is 1.64. The number of Topliss-reactive ketones (excluding diaryl/α,β-unsaturated/α-hetero) is 1. The molecule has 0 N–H and O–H groups in total. The number of hydrogen-bond donors (Lipinski definition) is 0. The number of hydrogen-bond acceptors (Lipinski definition) is 3. The van der Waals surface area contributed by atoms with E-state index < -0.39 is 0 Å². The Morgan fingerprint density at radius 3 is 2.47 bits per heavy atom. The minimum Gasteiger partial charge on any atom is -0.299 e. The lowest BCUT2D eigenvalue weighted by Crippen LogP contribution is -2.22. The van der Waals surface area contributed by atoms with Crippen molar-refractivity contribution in [2.24, 2.45) is 11.8 Å². The summed E-state index contributed by atoms with van der Waals surface area (Å²) < 4.78 is 0. The molecule has 0 amide bonds. The second-order valence-corrected chi connectivity index (χ2v) is 7.92. The highest BCUT2D eigenvalue weighted by Crippen LogP contribution is 2.30. The number of thiazole rings is 1. The van der Waals surface area contributed by atoms with E-state index in [-0.39, 0.29) is 11.3 Å². The van der Waals surface area contributed by atoms with Gasteiger partial charge in [0.2, 0.25) is 0 Å². The van der Waals surface area contributed by atoms with Gasteiger partial charge in [-0.2, -0.15) is 0 Å². The van der Waals surface area contributed by atoms with Crippen LogP contribution in [0.3, 0.4) is 0 Å². The molecule has 1 aromatic heterocycles. The first-order chi connectivity index (χ1) is 8.86. The van der Waals surface area contributed by atoms with E-state index in [1.807, 2.05) is 0 Å². The van der Waals surface area contributed by atoms with Crippen molar-refractivity contribution in [2.45, 2.75) is 65.2 Å². The molecule has 106 valence electrons. The highest BCUT2D eigenvalue weighted by Gasteiger charge is 2.25. The molecular formula is C16H25NOS. The zero-order chi connectivity index (χ0) is 14.0. The molecule has 2 rings (SSSR count).